The van der Waals surface area contributed by atoms with E-state index < -0.39 is 0 Å². The van der Waals surface area contributed by atoms with E-state index in [4.69, 9.17) is 0 Å². The number of fused-ring (bicyclic) bond motifs is 1. The maximum absolute atomic E-state index is 12.4. The Morgan fingerprint density at radius 2 is 2.11 bits per heavy atom. The number of amides is 1. The smallest absolute Gasteiger partial charge is 0.253 e. The second kappa shape index (κ2) is 5.08. The summed E-state index contributed by atoms with van der Waals surface area (Å²) >= 11 is 0. The molecule has 0 saturated heterocycles. The third kappa shape index (κ3) is 2.37. The molecule has 2 N–H and O–H groups in total. The summed E-state index contributed by atoms with van der Waals surface area (Å²) in [4.78, 5) is 15.6. The van der Waals surface area contributed by atoms with Gasteiger partial charge in [0.05, 0.1) is 11.1 Å². The number of nitrogens with one attached hydrogen (secondary N) is 2. The number of rotatable bonds is 2. The van der Waals surface area contributed by atoms with E-state index in [1.807, 2.05) is 30.5 Å². The maximum Gasteiger partial charge on any atom is 0.253 e. The monoisotopic (exact) mass is 256 g/mol. The third-order valence-electron chi connectivity index (χ3n) is 4.26. The summed E-state index contributed by atoms with van der Waals surface area (Å²) in [6.07, 6.45) is 6.72. The zero-order valence-corrected chi connectivity index (χ0v) is 11.3. The SMILES string of the molecule is CC1CCCCC1NC(=O)c1cccc2cc[nH]c12. The van der Waals surface area contributed by atoms with Crippen molar-refractivity contribution >= 4 is 16.8 Å². The van der Waals surface area contributed by atoms with Crippen LogP contribution in [0.25, 0.3) is 10.9 Å². The highest BCUT2D eigenvalue weighted by Gasteiger charge is 2.23. The fraction of sp³-hybridized carbons (Fsp3) is 0.438. The van der Waals surface area contributed by atoms with Crippen molar-refractivity contribution < 1.29 is 4.79 Å². The molecule has 0 bridgehead atoms. The number of H-pyrrole nitrogens is 1. The first kappa shape index (κ1) is 12.3. The van der Waals surface area contributed by atoms with Crippen LogP contribution in [0.15, 0.2) is 30.5 Å². The van der Waals surface area contributed by atoms with Crippen molar-refractivity contribution in [3.8, 4) is 0 Å². The lowest BCUT2D eigenvalue weighted by atomic mass is 9.86. The number of hydrogen-bond donors (Lipinski definition) is 2. The molecule has 3 nitrogen and oxygen atoms in total. The quantitative estimate of drug-likeness (QED) is 0.849. The van der Waals surface area contributed by atoms with Crippen LogP contribution in [0.3, 0.4) is 0 Å². The molecule has 100 valence electrons. The van der Waals surface area contributed by atoms with E-state index in [2.05, 4.69) is 17.2 Å². The number of aromatic amines is 1. The minimum Gasteiger partial charge on any atom is -0.361 e. The highest BCUT2D eigenvalue weighted by atomic mass is 16.1. The van der Waals surface area contributed by atoms with E-state index in [0.717, 1.165) is 22.9 Å². The molecule has 1 heterocycles. The molecular formula is C16H20N2O. The predicted molar refractivity (Wildman–Crippen MR) is 77.2 cm³/mol. The van der Waals surface area contributed by atoms with Gasteiger partial charge in [0.25, 0.3) is 5.91 Å². The number of benzene rings is 1. The average Bonchev–Trinajstić information content (AvgIpc) is 2.89. The minimum atomic E-state index is 0.0480. The molecule has 1 aromatic carbocycles. The van der Waals surface area contributed by atoms with Crippen LogP contribution in [0, 0.1) is 5.92 Å². The highest BCUT2D eigenvalue weighted by Crippen LogP contribution is 2.24. The van der Waals surface area contributed by atoms with Gasteiger partial charge < -0.3 is 10.3 Å². The Kier molecular flexibility index (Phi) is 3.28. The molecule has 1 amide bonds. The predicted octanol–water partition coefficient (Wildman–Crippen LogP) is 3.48. The topological polar surface area (TPSA) is 44.9 Å². The number of carbonyl (C=O) groups excluding carboxylic acids is 1. The molecule has 2 unspecified atom stereocenters. The third-order valence-corrected chi connectivity index (χ3v) is 4.26. The summed E-state index contributed by atoms with van der Waals surface area (Å²) in [5.74, 6) is 0.632. The molecule has 1 saturated carbocycles. The van der Waals surface area contributed by atoms with Crippen LogP contribution in [-0.2, 0) is 0 Å². The molecule has 1 aliphatic rings. The van der Waals surface area contributed by atoms with Gasteiger partial charge in [-0.15, -0.1) is 0 Å². The Balaban J connectivity index is 1.82. The molecular weight excluding hydrogens is 236 g/mol. The number of aromatic nitrogens is 1. The summed E-state index contributed by atoms with van der Waals surface area (Å²) in [7, 11) is 0. The van der Waals surface area contributed by atoms with Crippen molar-refractivity contribution in [1.82, 2.24) is 10.3 Å². The van der Waals surface area contributed by atoms with Crippen molar-refractivity contribution in [3.05, 3.63) is 36.0 Å². The fourth-order valence-electron chi connectivity index (χ4n) is 3.05. The van der Waals surface area contributed by atoms with Crippen LogP contribution in [0.1, 0.15) is 43.0 Å². The summed E-state index contributed by atoms with van der Waals surface area (Å²) < 4.78 is 0. The molecule has 1 aromatic heterocycles. The minimum absolute atomic E-state index is 0.0480. The Hall–Kier alpha value is -1.77. The standard InChI is InChI=1S/C16H20N2O/c1-11-5-2-3-8-14(11)18-16(19)13-7-4-6-12-9-10-17-15(12)13/h4,6-7,9-11,14,17H,2-3,5,8H2,1H3,(H,18,19). The molecule has 19 heavy (non-hydrogen) atoms. The van der Waals surface area contributed by atoms with Gasteiger partial charge in [-0.25, -0.2) is 0 Å². The van der Waals surface area contributed by atoms with Crippen LogP contribution in [0.4, 0.5) is 0 Å². The van der Waals surface area contributed by atoms with Gasteiger partial charge in [-0.05, 0) is 30.9 Å². The van der Waals surface area contributed by atoms with Gasteiger partial charge in [-0.2, -0.15) is 0 Å². The van der Waals surface area contributed by atoms with E-state index in [9.17, 15) is 4.79 Å². The molecule has 2 atom stereocenters. The molecule has 1 fully saturated rings. The van der Waals surface area contributed by atoms with E-state index in [-0.39, 0.29) is 5.91 Å². The van der Waals surface area contributed by atoms with Gasteiger partial charge in [0.2, 0.25) is 0 Å². The van der Waals surface area contributed by atoms with E-state index in [1.165, 1.54) is 19.3 Å². The first-order valence-corrected chi connectivity index (χ1v) is 7.12. The van der Waals surface area contributed by atoms with Crippen molar-refractivity contribution in [2.75, 3.05) is 0 Å². The molecule has 1 aliphatic carbocycles. The van der Waals surface area contributed by atoms with Crippen molar-refractivity contribution in [2.45, 2.75) is 38.6 Å². The van der Waals surface area contributed by atoms with Crippen LogP contribution >= 0.6 is 0 Å². The first-order chi connectivity index (χ1) is 9.25. The zero-order chi connectivity index (χ0) is 13.2. The molecule has 0 radical (unpaired) electrons. The van der Waals surface area contributed by atoms with Gasteiger partial charge in [0.1, 0.15) is 0 Å². The largest absolute Gasteiger partial charge is 0.361 e. The van der Waals surface area contributed by atoms with Crippen LogP contribution < -0.4 is 5.32 Å². The van der Waals surface area contributed by atoms with Crippen LogP contribution in [0.5, 0.6) is 0 Å². The highest BCUT2D eigenvalue weighted by molar-refractivity contribution is 6.05. The summed E-state index contributed by atoms with van der Waals surface area (Å²) in [6.45, 7) is 2.24. The van der Waals surface area contributed by atoms with Gasteiger partial charge in [-0.1, -0.05) is 31.9 Å². The zero-order valence-electron chi connectivity index (χ0n) is 11.3. The second-order valence-corrected chi connectivity index (χ2v) is 5.59. The van der Waals surface area contributed by atoms with Crippen LogP contribution in [-0.4, -0.2) is 16.9 Å². The second-order valence-electron chi connectivity index (χ2n) is 5.59. The average molecular weight is 256 g/mol. The molecule has 0 aliphatic heterocycles. The normalized spacial score (nSPS) is 23.4. The lowest BCUT2D eigenvalue weighted by Gasteiger charge is -2.29. The van der Waals surface area contributed by atoms with E-state index >= 15 is 0 Å². The lowest BCUT2D eigenvalue weighted by Crippen LogP contribution is -2.41. The Morgan fingerprint density at radius 3 is 2.95 bits per heavy atom. The van der Waals surface area contributed by atoms with E-state index in [1.54, 1.807) is 0 Å². The van der Waals surface area contributed by atoms with Crippen molar-refractivity contribution in [3.63, 3.8) is 0 Å². The Bertz CT molecular complexity index is 587. The summed E-state index contributed by atoms with van der Waals surface area (Å²) in [6, 6.07) is 8.17. The first-order valence-electron chi connectivity index (χ1n) is 7.12. The number of carbonyl (C=O) groups is 1. The fourth-order valence-corrected chi connectivity index (χ4v) is 3.05. The summed E-state index contributed by atoms with van der Waals surface area (Å²) in [5, 5.41) is 4.30. The Labute approximate surface area is 113 Å². The maximum atomic E-state index is 12.4. The lowest BCUT2D eigenvalue weighted by molar-refractivity contribution is 0.0912. The van der Waals surface area contributed by atoms with Gasteiger partial charge in [-0.3, -0.25) is 4.79 Å². The Morgan fingerprint density at radius 1 is 1.26 bits per heavy atom. The number of para-hydroxylation sites is 1. The molecule has 0 spiro atoms. The molecule has 2 aromatic rings. The van der Waals surface area contributed by atoms with Crippen molar-refractivity contribution in [2.24, 2.45) is 5.92 Å². The molecule has 3 heteroatoms. The van der Waals surface area contributed by atoms with Gasteiger partial charge >= 0.3 is 0 Å². The number of hydrogen-bond acceptors (Lipinski definition) is 1. The van der Waals surface area contributed by atoms with Gasteiger partial charge in [0.15, 0.2) is 0 Å². The van der Waals surface area contributed by atoms with Crippen LogP contribution in [0.2, 0.25) is 0 Å². The van der Waals surface area contributed by atoms with Gasteiger partial charge in [0, 0.05) is 17.6 Å². The molecule has 3 rings (SSSR count). The van der Waals surface area contributed by atoms with E-state index in [0.29, 0.717) is 12.0 Å². The summed E-state index contributed by atoms with van der Waals surface area (Å²) in [5.41, 5.74) is 1.68. The van der Waals surface area contributed by atoms with Crippen molar-refractivity contribution in [1.29, 1.82) is 0 Å².